The summed E-state index contributed by atoms with van der Waals surface area (Å²) in [6, 6.07) is 9.07. The van der Waals surface area contributed by atoms with Gasteiger partial charge in [0.15, 0.2) is 0 Å². The van der Waals surface area contributed by atoms with Gasteiger partial charge in [-0.05, 0) is 12.1 Å². The van der Waals surface area contributed by atoms with Gasteiger partial charge >= 0.3 is 6.03 Å². The van der Waals surface area contributed by atoms with E-state index in [4.69, 9.17) is 11.8 Å². The summed E-state index contributed by atoms with van der Waals surface area (Å²) in [6.07, 6.45) is 0. The summed E-state index contributed by atoms with van der Waals surface area (Å²) in [5.74, 6) is 0. The number of urea groups is 1. The molecule has 1 aromatic carbocycles. The van der Waals surface area contributed by atoms with Crippen molar-refractivity contribution in [2.75, 3.05) is 30.6 Å². The van der Waals surface area contributed by atoms with Crippen LogP contribution in [0.15, 0.2) is 30.3 Å². The zero-order valence-corrected chi connectivity index (χ0v) is 9.65. The van der Waals surface area contributed by atoms with Gasteiger partial charge < -0.3 is 10.2 Å². The molecule has 0 unspecified atom stereocenters. The number of carbonyl (C=O) groups is 1. The molecule has 0 atom stereocenters. The molecular weight excluding hydrogens is 226 g/mol. The van der Waals surface area contributed by atoms with E-state index >= 15 is 0 Å². The number of piperazine rings is 1. The number of rotatable bonds is 1. The summed E-state index contributed by atoms with van der Waals surface area (Å²) in [6.45, 7) is 3.06. The van der Waals surface area contributed by atoms with Crippen LogP contribution in [-0.4, -0.2) is 37.1 Å². The normalized spacial score (nSPS) is 15.9. The number of nitrogens with one attached hydrogen (secondary N) is 1. The largest absolute Gasteiger partial charge is 0.339 e. The minimum Gasteiger partial charge on any atom is -0.321 e. The van der Waals surface area contributed by atoms with Crippen LogP contribution in [0, 0.1) is 0 Å². The molecule has 1 N–H and O–H groups in total. The second-order valence-corrected chi connectivity index (χ2v) is 3.97. The number of hydrogen-bond donors (Lipinski definition) is 1. The Hall–Kier alpha value is -1.26. The van der Waals surface area contributed by atoms with Crippen molar-refractivity contribution in [1.82, 2.24) is 10.2 Å². The number of hydrogen-bond acceptors (Lipinski definition) is 2. The molecule has 1 aromatic rings. The lowest BCUT2D eigenvalue weighted by atomic mass is 10.3. The predicted octanol–water partition coefficient (Wildman–Crippen LogP) is 1.67. The van der Waals surface area contributed by atoms with E-state index < -0.39 is 0 Å². The molecule has 2 rings (SSSR count). The Morgan fingerprint density at radius 2 is 1.88 bits per heavy atom. The Bertz CT molecular complexity index is 352. The molecule has 0 radical (unpaired) electrons. The van der Waals surface area contributed by atoms with E-state index in [-0.39, 0.29) is 6.03 Å². The molecule has 0 bridgehead atoms. The molecule has 0 aliphatic carbocycles. The van der Waals surface area contributed by atoms with Crippen molar-refractivity contribution < 1.29 is 4.79 Å². The van der Waals surface area contributed by atoms with Gasteiger partial charge in [0.25, 0.3) is 0 Å². The number of anilines is 1. The summed E-state index contributed by atoms with van der Waals surface area (Å²) in [5.41, 5.74) is 0.702. The van der Waals surface area contributed by atoms with Gasteiger partial charge in [-0.3, -0.25) is 0 Å². The first-order valence-electron chi connectivity index (χ1n) is 5.29. The van der Waals surface area contributed by atoms with E-state index in [1.165, 1.54) is 4.42 Å². The van der Waals surface area contributed by atoms with E-state index in [2.05, 4.69) is 5.32 Å². The SMILES string of the molecule is O=C(N1CCNCC1)N(Cl)c1ccccc1. The van der Waals surface area contributed by atoms with E-state index in [1.807, 2.05) is 30.3 Å². The zero-order chi connectivity index (χ0) is 11.4. The summed E-state index contributed by atoms with van der Waals surface area (Å²) in [4.78, 5) is 13.7. The molecule has 2 amide bonds. The lowest BCUT2D eigenvalue weighted by Crippen LogP contribution is -2.49. The van der Waals surface area contributed by atoms with Gasteiger partial charge in [-0.1, -0.05) is 18.2 Å². The van der Waals surface area contributed by atoms with Crippen LogP contribution in [0.1, 0.15) is 0 Å². The van der Waals surface area contributed by atoms with E-state index in [1.54, 1.807) is 4.90 Å². The van der Waals surface area contributed by atoms with Crippen LogP contribution < -0.4 is 9.74 Å². The van der Waals surface area contributed by atoms with Gasteiger partial charge in [0.05, 0.1) is 5.69 Å². The van der Waals surface area contributed by atoms with Gasteiger partial charge in [0.1, 0.15) is 0 Å². The summed E-state index contributed by atoms with van der Waals surface area (Å²) >= 11 is 6.01. The minimum absolute atomic E-state index is 0.158. The molecule has 16 heavy (non-hydrogen) atoms. The van der Waals surface area contributed by atoms with Crippen molar-refractivity contribution in [3.05, 3.63) is 30.3 Å². The van der Waals surface area contributed by atoms with Crippen LogP contribution >= 0.6 is 11.8 Å². The number of carbonyl (C=O) groups excluding carboxylic acids is 1. The first-order valence-corrected chi connectivity index (χ1v) is 5.63. The highest BCUT2D eigenvalue weighted by Crippen LogP contribution is 2.17. The first-order chi connectivity index (χ1) is 7.79. The molecular formula is C11H14ClN3O. The summed E-state index contributed by atoms with van der Waals surface area (Å²) in [5, 5.41) is 3.19. The van der Waals surface area contributed by atoms with Gasteiger partial charge in [-0.2, -0.15) is 0 Å². The molecule has 0 spiro atoms. The lowest BCUT2D eigenvalue weighted by molar-refractivity contribution is 0.200. The van der Waals surface area contributed by atoms with Crippen LogP contribution in [0.2, 0.25) is 0 Å². The molecule has 1 heterocycles. The molecule has 0 aromatic heterocycles. The van der Waals surface area contributed by atoms with Crippen molar-refractivity contribution in [3.63, 3.8) is 0 Å². The molecule has 1 fully saturated rings. The Morgan fingerprint density at radius 1 is 1.25 bits per heavy atom. The fourth-order valence-electron chi connectivity index (χ4n) is 1.65. The molecule has 4 nitrogen and oxygen atoms in total. The minimum atomic E-state index is -0.158. The summed E-state index contributed by atoms with van der Waals surface area (Å²) < 4.78 is 1.17. The standard InChI is InChI=1S/C11H14ClN3O/c12-15(10-4-2-1-3-5-10)11(16)14-8-6-13-7-9-14/h1-5,13H,6-9H2. The van der Waals surface area contributed by atoms with E-state index in [0.717, 1.165) is 13.1 Å². The average Bonchev–Trinajstić information content (AvgIpc) is 2.39. The van der Waals surface area contributed by atoms with Crippen LogP contribution in [0.25, 0.3) is 0 Å². The maximum atomic E-state index is 12.0. The van der Waals surface area contributed by atoms with Crippen molar-refractivity contribution in [1.29, 1.82) is 0 Å². The maximum Gasteiger partial charge on any atom is 0.339 e. The molecule has 1 saturated heterocycles. The van der Waals surface area contributed by atoms with E-state index in [9.17, 15) is 4.79 Å². The molecule has 1 aliphatic rings. The Balaban J connectivity index is 2.04. The third-order valence-corrected chi connectivity index (χ3v) is 2.88. The highest BCUT2D eigenvalue weighted by atomic mass is 35.5. The average molecular weight is 240 g/mol. The Morgan fingerprint density at radius 3 is 2.50 bits per heavy atom. The number of benzene rings is 1. The topological polar surface area (TPSA) is 35.6 Å². The third kappa shape index (κ3) is 2.46. The molecule has 1 aliphatic heterocycles. The number of amides is 2. The fourth-order valence-corrected chi connectivity index (χ4v) is 1.87. The highest BCUT2D eigenvalue weighted by molar-refractivity contribution is 6.36. The van der Waals surface area contributed by atoms with Crippen LogP contribution in [0.3, 0.4) is 0 Å². The number of nitrogens with zero attached hydrogens (tertiary/aromatic N) is 2. The van der Waals surface area contributed by atoms with Crippen molar-refractivity contribution >= 4 is 23.5 Å². The number of para-hydroxylation sites is 1. The fraction of sp³-hybridized carbons (Fsp3) is 0.364. The van der Waals surface area contributed by atoms with Gasteiger partial charge in [0.2, 0.25) is 0 Å². The van der Waals surface area contributed by atoms with Crippen LogP contribution in [0.4, 0.5) is 10.5 Å². The van der Waals surface area contributed by atoms with Gasteiger partial charge in [-0.25, -0.2) is 9.21 Å². The lowest BCUT2D eigenvalue weighted by Gasteiger charge is -2.29. The highest BCUT2D eigenvalue weighted by Gasteiger charge is 2.22. The molecule has 5 heteroatoms. The predicted molar refractivity (Wildman–Crippen MR) is 64.6 cm³/mol. The molecule has 86 valence electrons. The van der Waals surface area contributed by atoms with Gasteiger partial charge in [0, 0.05) is 38.0 Å². The number of halogens is 1. The maximum absolute atomic E-state index is 12.0. The Kier molecular flexibility index (Phi) is 3.64. The second-order valence-electron chi connectivity index (χ2n) is 3.64. The van der Waals surface area contributed by atoms with Crippen molar-refractivity contribution in [2.45, 2.75) is 0 Å². The van der Waals surface area contributed by atoms with Crippen molar-refractivity contribution in [3.8, 4) is 0 Å². The van der Waals surface area contributed by atoms with Crippen molar-refractivity contribution in [2.24, 2.45) is 0 Å². The van der Waals surface area contributed by atoms with Crippen LogP contribution in [-0.2, 0) is 0 Å². The van der Waals surface area contributed by atoms with Crippen LogP contribution in [0.5, 0.6) is 0 Å². The Labute approximate surface area is 99.9 Å². The summed E-state index contributed by atoms with van der Waals surface area (Å²) in [7, 11) is 0. The monoisotopic (exact) mass is 239 g/mol. The van der Waals surface area contributed by atoms with E-state index in [0.29, 0.717) is 18.8 Å². The first kappa shape index (κ1) is 11.2. The van der Waals surface area contributed by atoms with Gasteiger partial charge in [-0.15, -0.1) is 0 Å². The smallest absolute Gasteiger partial charge is 0.321 e. The quantitative estimate of drug-likeness (QED) is 0.757. The third-order valence-electron chi connectivity index (χ3n) is 2.54. The second kappa shape index (κ2) is 5.18. The molecule has 0 saturated carbocycles. The zero-order valence-electron chi connectivity index (χ0n) is 8.90.